The van der Waals surface area contributed by atoms with Crippen LogP contribution in [0.3, 0.4) is 0 Å². The number of halogens is 1. The summed E-state index contributed by atoms with van der Waals surface area (Å²) in [4.78, 5) is 12.0. The minimum absolute atomic E-state index is 0.0287. The van der Waals surface area contributed by atoms with Gasteiger partial charge in [-0.15, -0.1) is 0 Å². The molecule has 1 aromatic rings. The van der Waals surface area contributed by atoms with Crippen molar-refractivity contribution in [1.82, 2.24) is 5.32 Å². The van der Waals surface area contributed by atoms with Crippen molar-refractivity contribution in [2.24, 2.45) is 5.92 Å². The SMILES string of the molecule is COCCCCNC(=O)/C=C(/c1ccc(Br)cc1)C(C)C. The van der Waals surface area contributed by atoms with Crippen molar-refractivity contribution >= 4 is 27.4 Å². The molecule has 0 spiro atoms. The third-order valence-electron chi connectivity index (χ3n) is 3.16. The normalized spacial score (nSPS) is 11.8. The summed E-state index contributed by atoms with van der Waals surface area (Å²) in [7, 11) is 1.69. The highest BCUT2D eigenvalue weighted by Gasteiger charge is 2.09. The molecule has 4 heteroatoms. The van der Waals surface area contributed by atoms with Crippen LogP contribution >= 0.6 is 15.9 Å². The molecule has 0 radical (unpaired) electrons. The van der Waals surface area contributed by atoms with Crippen molar-refractivity contribution in [3.63, 3.8) is 0 Å². The highest BCUT2D eigenvalue weighted by molar-refractivity contribution is 9.10. The highest BCUT2D eigenvalue weighted by Crippen LogP contribution is 2.24. The summed E-state index contributed by atoms with van der Waals surface area (Å²) in [5.41, 5.74) is 2.14. The zero-order chi connectivity index (χ0) is 15.7. The van der Waals surface area contributed by atoms with Crippen LogP contribution < -0.4 is 5.32 Å². The Labute approximate surface area is 135 Å². The van der Waals surface area contributed by atoms with E-state index < -0.39 is 0 Å². The second-order valence-corrected chi connectivity index (χ2v) is 6.17. The molecule has 0 saturated carbocycles. The largest absolute Gasteiger partial charge is 0.385 e. The summed E-state index contributed by atoms with van der Waals surface area (Å²) >= 11 is 3.43. The van der Waals surface area contributed by atoms with Crippen molar-refractivity contribution in [2.75, 3.05) is 20.3 Å². The smallest absolute Gasteiger partial charge is 0.244 e. The van der Waals surface area contributed by atoms with Gasteiger partial charge < -0.3 is 10.1 Å². The molecule has 0 aromatic heterocycles. The molecule has 1 N–H and O–H groups in total. The van der Waals surface area contributed by atoms with Gasteiger partial charge in [0.25, 0.3) is 0 Å². The molecule has 3 nitrogen and oxygen atoms in total. The molecule has 0 aliphatic carbocycles. The van der Waals surface area contributed by atoms with Gasteiger partial charge in [0, 0.05) is 30.8 Å². The van der Waals surface area contributed by atoms with Crippen molar-refractivity contribution < 1.29 is 9.53 Å². The number of methoxy groups -OCH3 is 1. The van der Waals surface area contributed by atoms with Crippen molar-refractivity contribution in [3.05, 3.63) is 40.4 Å². The predicted molar refractivity (Wildman–Crippen MR) is 91.1 cm³/mol. The molecular formula is C17H24BrNO2. The van der Waals surface area contributed by atoms with Gasteiger partial charge in [-0.2, -0.15) is 0 Å². The quantitative estimate of drug-likeness (QED) is 0.565. The Morgan fingerprint density at radius 3 is 2.52 bits per heavy atom. The van der Waals surface area contributed by atoms with Gasteiger partial charge in [0.1, 0.15) is 0 Å². The van der Waals surface area contributed by atoms with Gasteiger partial charge in [-0.05, 0) is 42.0 Å². The molecular weight excluding hydrogens is 330 g/mol. The Morgan fingerprint density at radius 1 is 1.29 bits per heavy atom. The van der Waals surface area contributed by atoms with E-state index in [1.807, 2.05) is 24.3 Å². The molecule has 0 saturated heterocycles. The number of carbonyl (C=O) groups excluding carboxylic acids is 1. The van der Waals surface area contributed by atoms with E-state index in [9.17, 15) is 4.79 Å². The predicted octanol–water partition coefficient (Wildman–Crippen LogP) is 4.03. The van der Waals surface area contributed by atoms with Crippen LogP contribution in [0, 0.1) is 5.92 Å². The lowest BCUT2D eigenvalue weighted by Crippen LogP contribution is -2.23. The molecule has 21 heavy (non-hydrogen) atoms. The van der Waals surface area contributed by atoms with Gasteiger partial charge in [-0.3, -0.25) is 4.79 Å². The third-order valence-corrected chi connectivity index (χ3v) is 3.69. The van der Waals surface area contributed by atoms with Crippen LogP contribution in [0.25, 0.3) is 5.57 Å². The lowest BCUT2D eigenvalue weighted by atomic mass is 9.95. The van der Waals surface area contributed by atoms with E-state index in [4.69, 9.17) is 4.74 Å². The topological polar surface area (TPSA) is 38.3 Å². The number of benzene rings is 1. The van der Waals surface area contributed by atoms with E-state index in [-0.39, 0.29) is 5.91 Å². The van der Waals surface area contributed by atoms with Crippen LogP contribution in [-0.2, 0) is 9.53 Å². The maximum absolute atomic E-state index is 12.0. The second-order valence-electron chi connectivity index (χ2n) is 5.25. The first-order valence-electron chi connectivity index (χ1n) is 7.29. The Bertz CT molecular complexity index is 466. The molecule has 0 heterocycles. The number of rotatable bonds is 8. The zero-order valence-corrected chi connectivity index (χ0v) is 14.6. The minimum Gasteiger partial charge on any atom is -0.385 e. The monoisotopic (exact) mass is 353 g/mol. The van der Waals surface area contributed by atoms with Crippen molar-refractivity contribution in [1.29, 1.82) is 0 Å². The van der Waals surface area contributed by atoms with Gasteiger partial charge in [0.2, 0.25) is 5.91 Å². The Kier molecular flexibility index (Phi) is 8.31. The third kappa shape index (κ3) is 6.91. The summed E-state index contributed by atoms with van der Waals surface area (Å²) in [6.45, 7) is 5.62. The van der Waals surface area contributed by atoms with E-state index in [1.165, 1.54) is 0 Å². The second kappa shape index (κ2) is 9.74. The van der Waals surface area contributed by atoms with Crippen LogP contribution in [0.4, 0.5) is 0 Å². The maximum Gasteiger partial charge on any atom is 0.244 e. The van der Waals surface area contributed by atoms with Crippen molar-refractivity contribution in [3.8, 4) is 0 Å². The standard InChI is InChI=1S/C17H24BrNO2/c1-13(2)16(14-6-8-15(18)9-7-14)12-17(20)19-10-4-5-11-21-3/h6-9,12-13H,4-5,10-11H2,1-3H3,(H,19,20)/b16-12+. The summed E-state index contributed by atoms with van der Waals surface area (Å²) in [5, 5.41) is 2.93. The van der Waals surface area contributed by atoms with E-state index in [0.717, 1.165) is 35.1 Å². The van der Waals surface area contributed by atoms with Crippen LogP contribution in [0.5, 0.6) is 0 Å². The van der Waals surface area contributed by atoms with Crippen LogP contribution in [0.1, 0.15) is 32.3 Å². The molecule has 0 atom stereocenters. The molecule has 0 bridgehead atoms. The molecule has 0 aliphatic rings. The van der Waals surface area contributed by atoms with Gasteiger partial charge in [0.05, 0.1) is 0 Å². The number of unbranched alkanes of at least 4 members (excludes halogenated alkanes) is 1. The van der Waals surface area contributed by atoms with E-state index >= 15 is 0 Å². The highest BCUT2D eigenvalue weighted by atomic mass is 79.9. The fraction of sp³-hybridized carbons (Fsp3) is 0.471. The van der Waals surface area contributed by atoms with E-state index in [2.05, 4.69) is 35.1 Å². The molecule has 1 amide bonds. The van der Waals surface area contributed by atoms with Gasteiger partial charge in [-0.25, -0.2) is 0 Å². The lowest BCUT2D eigenvalue weighted by molar-refractivity contribution is -0.116. The Hall–Kier alpha value is -1.13. The molecule has 116 valence electrons. The molecule has 0 unspecified atom stereocenters. The van der Waals surface area contributed by atoms with Gasteiger partial charge in [0.15, 0.2) is 0 Å². The first-order chi connectivity index (χ1) is 10.0. The fourth-order valence-corrected chi connectivity index (χ4v) is 2.27. The minimum atomic E-state index is -0.0287. The number of carbonyl (C=O) groups is 1. The molecule has 0 aliphatic heterocycles. The van der Waals surface area contributed by atoms with Gasteiger partial charge >= 0.3 is 0 Å². The molecule has 1 aromatic carbocycles. The average Bonchev–Trinajstić information content (AvgIpc) is 2.45. The first kappa shape index (κ1) is 17.9. The summed E-state index contributed by atoms with van der Waals surface area (Å²) < 4.78 is 6.02. The fourth-order valence-electron chi connectivity index (χ4n) is 2.00. The van der Waals surface area contributed by atoms with Crippen LogP contribution in [0.15, 0.2) is 34.8 Å². The average molecular weight is 354 g/mol. The summed E-state index contributed by atoms with van der Waals surface area (Å²) in [5.74, 6) is 0.268. The molecule has 1 rings (SSSR count). The zero-order valence-electron chi connectivity index (χ0n) is 13.0. The van der Waals surface area contributed by atoms with Gasteiger partial charge in [-0.1, -0.05) is 41.9 Å². The number of ether oxygens (including phenoxy) is 1. The number of nitrogens with one attached hydrogen (secondary N) is 1. The van der Waals surface area contributed by atoms with Crippen molar-refractivity contribution in [2.45, 2.75) is 26.7 Å². The van der Waals surface area contributed by atoms with Crippen LogP contribution in [-0.4, -0.2) is 26.2 Å². The lowest BCUT2D eigenvalue weighted by Gasteiger charge is -2.12. The van der Waals surface area contributed by atoms with E-state index in [1.54, 1.807) is 13.2 Å². The van der Waals surface area contributed by atoms with E-state index in [0.29, 0.717) is 12.5 Å². The number of hydrogen-bond acceptors (Lipinski definition) is 2. The molecule has 0 fully saturated rings. The first-order valence-corrected chi connectivity index (χ1v) is 8.08. The Balaban J connectivity index is 2.63. The number of amides is 1. The van der Waals surface area contributed by atoms with Crippen LogP contribution in [0.2, 0.25) is 0 Å². The summed E-state index contributed by atoms with van der Waals surface area (Å²) in [6.07, 6.45) is 3.61. The summed E-state index contributed by atoms with van der Waals surface area (Å²) in [6, 6.07) is 8.05. The number of hydrogen-bond donors (Lipinski definition) is 1. The number of allylic oxidation sites excluding steroid dienone is 1. The maximum atomic E-state index is 12.0. The Morgan fingerprint density at radius 2 is 1.95 bits per heavy atom.